The zero-order valence-electron chi connectivity index (χ0n) is 10.4. The number of likely N-dealkylation sites (tertiary alicyclic amines) is 1. The van der Waals surface area contributed by atoms with E-state index in [1.807, 2.05) is 4.90 Å². The zero-order chi connectivity index (χ0) is 11.4. The first kappa shape index (κ1) is 12.5. The zero-order valence-corrected chi connectivity index (χ0v) is 10.4. The van der Waals surface area contributed by atoms with Crippen molar-refractivity contribution in [3.05, 3.63) is 0 Å². The molecule has 0 aromatic heterocycles. The van der Waals surface area contributed by atoms with E-state index in [1.165, 1.54) is 0 Å². The monoisotopic (exact) mass is 212 g/mol. The van der Waals surface area contributed by atoms with Gasteiger partial charge in [0.15, 0.2) is 0 Å². The first-order valence-corrected chi connectivity index (χ1v) is 6.04. The summed E-state index contributed by atoms with van der Waals surface area (Å²) in [6, 6.07) is 0.905. The third kappa shape index (κ3) is 3.82. The fraction of sp³-hybridized carbons (Fsp3) is 0.917. The lowest BCUT2D eigenvalue weighted by molar-refractivity contribution is -0.128. The molecule has 1 heterocycles. The van der Waals surface area contributed by atoms with Gasteiger partial charge in [-0.05, 0) is 26.2 Å². The van der Waals surface area contributed by atoms with Gasteiger partial charge in [0.25, 0.3) is 0 Å². The fourth-order valence-corrected chi connectivity index (χ4v) is 1.92. The minimum atomic E-state index is 0.320. The number of hydrogen-bond donors (Lipinski definition) is 1. The summed E-state index contributed by atoms with van der Waals surface area (Å²) in [5.74, 6) is 0.961. The van der Waals surface area contributed by atoms with Crippen molar-refractivity contribution in [3.63, 3.8) is 0 Å². The highest BCUT2D eigenvalue weighted by atomic mass is 16.2. The van der Waals surface area contributed by atoms with Crippen molar-refractivity contribution in [3.8, 4) is 0 Å². The molecule has 1 N–H and O–H groups in total. The molecule has 0 aromatic carbocycles. The van der Waals surface area contributed by atoms with E-state index in [0.29, 0.717) is 23.9 Å². The second-order valence-electron chi connectivity index (χ2n) is 5.04. The number of nitrogens with zero attached hydrogens (tertiary/aromatic N) is 1. The summed E-state index contributed by atoms with van der Waals surface area (Å²) in [5, 5.41) is 3.53. The Hall–Kier alpha value is -0.570. The highest BCUT2D eigenvalue weighted by molar-refractivity contribution is 5.78. The van der Waals surface area contributed by atoms with Crippen molar-refractivity contribution in [2.24, 2.45) is 5.92 Å². The molecule has 0 spiro atoms. The Morgan fingerprint density at radius 3 is 2.47 bits per heavy atom. The molecule has 0 aliphatic carbocycles. The molecule has 15 heavy (non-hydrogen) atoms. The van der Waals surface area contributed by atoms with Gasteiger partial charge in [0.1, 0.15) is 0 Å². The minimum absolute atomic E-state index is 0.320. The molecule has 0 bridgehead atoms. The molecule has 1 saturated heterocycles. The smallest absolute Gasteiger partial charge is 0.222 e. The van der Waals surface area contributed by atoms with Crippen molar-refractivity contribution in [1.29, 1.82) is 0 Å². The molecule has 2 unspecified atom stereocenters. The van der Waals surface area contributed by atoms with Gasteiger partial charge in [-0.15, -0.1) is 0 Å². The summed E-state index contributed by atoms with van der Waals surface area (Å²) >= 11 is 0. The molecule has 1 aliphatic rings. The lowest BCUT2D eigenvalue weighted by Gasteiger charge is -2.26. The van der Waals surface area contributed by atoms with Gasteiger partial charge in [-0.3, -0.25) is 4.79 Å². The predicted octanol–water partition coefficient (Wildman–Crippen LogP) is 1.63. The largest absolute Gasteiger partial charge is 0.341 e. The van der Waals surface area contributed by atoms with Crippen molar-refractivity contribution in [2.45, 2.75) is 52.6 Å². The number of nitrogens with one attached hydrogen (secondary N) is 1. The van der Waals surface area contributed by atoms with Gasteiger partial charge in [-0.25, -0.2) is 0 Å². The molecule has 0 radical (unpaired) electrons. The summed E-state index contributed by atoms with van der Waals surface area (Å²) in [7, 11) is 0. The van der Waals surface area contributed by atoms with Gasteiger partial charge in [-0.2, -0.15) is 0 Å². The van der Waals surface area contributed by atoms with E-state index >= 15 is 0 Å². The minimum Gasteiger partial charge on any atom is -0.341 e. The Bertz CT molecular complexity index is 216. The van der Waals surface area contributed by atoms with E-state index in [2.05, 4.69) is 33.0 Å². The van der Waals surface area contributed by atoms with Gasteiger partial charge in [0.05, 0.1) is 0 Å². The SMILES string of the molecule is CC(CN1CCCC1=O)NC(C)C(C)C. The van der Waals surface area contributed by atoms with Gasteiger partial charge >= 0.3 is 0 Å². The summed E-state index contributed by atoms with van der Waals surface area (Å²) in [6.07, 6.45) is 1.78. The summed E-state index contributed by atoms with van der Waals surface area (Å²) in [4.78, 5) is 13.4. The van der Waals surface area contributed by atoms with Crippen LogP contribution in [0.15, 0.2) is 0 Å². The predicted molar refractivity (Wildman–Crippen MR) is 62.7 cm³/mol. The van der Waals surface area contributed by atoms with Gasteiger partial charge in [0.2, 0.25) is 5.91 Å². The van der Waals surface area contributed by atoms with Gasteiger partial charge < -0.3 is 10.2 Å². The average Bonchev–Trinajstić information content (AvgIpc) is 2.51. The van der Waals surface area contributed by atoms with Crippen LogP contribution in [0.4, 0.5) is 0 Å². The summed E-state index contributed by atoms with van der Waals surface area (Å²) < 4.78 is 0. The van der Waals surface area contributed by atoms with E-state index in [9.17, 15) is 4.79 Å². The van der Waals surface area contributed by atoms with Crippen LogP contribution in [0.5, 0.6) is 0 Å². The van der Waals surface area contributed by atoms with Crippen molar-refractivity contribution >= 4 is 5.91 Å². The number of carbonyl (C=O) groups is 1. The van der Waals surface area contributed by atoms with Crippen LogP contribution in [0, 0.1) is 5.92 Å². The highest BCUT2D eigenvalue weighted by Crippen LogP contribution is 2.10. The van der Waals surface area contributed by atoms with Crippen molar-refractivity contribution in [2.75, 3.05) is 13.1 Å². The number of amides is 1. The molecule has 2 atom stereocenters. The molecule has 88 valence electrons. The fourth-order valence-electron chi connectivity index (χ4n) is 1.92. The van der Waals surface area contributed by atoms with Crippen LogP contribution in [-0.2, 0) is 4.79 Å². The highest BCUT2D eigenvalue weighted by Gasteiger charge is 2.22. The van der Waals surface area contributed by atoms with Crippen LogP contribution in [0.1, 0.15) is 40.5 Å². The second-order valence-corrected chi connectivity index (χ2v) is 5.04. The first-order chi connectivity index (χ1) is 7.00. The second kappa shape index (κ2) is 5.50. The maximum Gasteiger partial charge on any atom is 0.222 e. The van der Waals surface area contributed by atoms with Gasteiger partial charge in [-0.1, -0.05) is 13.8 Å². The van der Waals surface area contributed by atoms with Gasteiger partial charge in [0, 0.05) is 31.6 Å². The van der Waals surface area contributed by atoms with Crippen LogP contribution in [0.25, 0.3) is 0 Å². The molecular weight excluding hydrogens is 188 g/mol. The van der Waals surface area contributed by atoms with Crippen molar-refractivity contribution in [1.82, 2.24) is 10.2 Å². The third-order valence-corrected chi connectivity index (χ3v) is 3.21. The Kier molecular flexibility index (Phi) is 4.58. The van der Waals surface area contributed by atoms with Crippen molar-refractivity contribution < 1.29 is 4.79 Å². The number of carbonyl (C=O) groups excluding carboxylic acids is 1. The van der Waals surface area contributed by atoms with Crippen LogP contribution in [0.2, 0.25) is 0 Å². The van der Waals surface area contributed by atoms with E-state index in [4.69, 9.17) is 0 Å². The van der Waals surface area contributed by atoms with E-state index in [1.54, 1.807) is 0 Å². The molecule has 0 saturated carbocycles. The van der Waals surface area contributed by atoms with Crippen LogP contribution < -0.4 is 5.32 Å². The molecule has 1 aliphatic heterocycles. The van der Waals surface area contributed by atoms with Crippen LogP contribution in [0.3, 0.4) is 0 Å². The standard InChI is InChI=1S/C12H24N2O/c1-9(2)11(4)13-10(3)8-14-7-5-6-12(14)15/h9-11,13H,5-8H2,1-4H3. The summed E-state index contributed by atoms with van der Waals surface area (Å²) in [5.41, 5.74) is 0. The molecule has 0 aromatic rings. The molecule has 3 nitrogen and oxygen atoms in total. The Morgan fingerprint density at radius 1 is 1.33 bits per heavy atom. The molecule has 1 amide bonds. The lowest BCUT2D eigenvalue weighted by atomic mass is 10.1. The van der Waals surface area contributed by atoms with E-state index in [-0.39, 0.29) is 0 Å². The Balaban J connectivity index is 2.29. The molecule has 1 fully saturated rings. The first-order valence-electron chi connectivity index (χ1n) is 6.04. The van der Waals surface area contributed by atoms with Crippen LogP contribution >= 0.6 is 0 Å². The van der Waals surface area contributed by atoms with E-state index in [0.717, 1.165) is 25.9 Å². The van der Waals surface area contributed by atoms with E-state index < -0.39 is 0 Å². The lowest BCUT2D eigenvalue weighted by Crippen LogP contribution is -2.45. The topological polar surface area (TPSA) is 32.3 Å². The van der Waals surface area contributed by atoms with Crippen LogP contribution in [-0.4, -0.2) is 36.0 Å². The normalized spacial score (nSPS) is 21.1. The average molecular weight is 212 g/mol. The quantitative estimate of drug-likeness (QED) is 0.751. The Morgan fingerprint density at radius 2 is 2.00 bits per heavy atom. The molecule has 3 heteroatoms. The molecular formula is C12H24N2O. The third-order valence-electron chi connectivity index (χ3n) is 3.21. The number of rotatable bonds is 5. The maximum absolute atomic E-state index is 11.4. The number of hydrogen-bond acceptors (Lipinski definition) is 2. The molecule has 1 rings (SSSR count). The Labute approximate surface area is 93.2 Å². The maximum atomic E-state index is 11.4. The summed E-state index contributed by atoms with van der Waals surface area (Å²) in [6.45, 7) is 10.6.